The molecule has 1 aliphatic heterocycles. The van der Waals surface area contributed by atoms with Gasteiger partial charge in [0.1, 0.15) is 0 Å². The number of hydrogen-bond donors (Lipinski definition) is 2. The molecule has 0 radical (unpaired) electrons. The van der Waals surface area contributed by atoms with Gasteiger partial charge in [0.15, 0.2) is 0 Å². The van der Waals surface area contributed by atoms with Gasteiger partial charge in [-0.25, -0.2) is 5.84 Å². The first-order valence-electron chi connectivity index (χ1n) is 4.85. The number of nitrogen functional groups attached to an aromatic ring is 1. The molecule has 1 aromatic heterocycles. The topological polar surface area (TPSA) is 89.2 Å². The molecule has 2 rings (SSSR count). The fraction of sp³-hybridized carbons (Fsp3) is 0.625. The zero-order chi connectivity index (χ0) is 10.7. The van der Waals surface area contributed by atoms with Gasteiger partial charge in [-0.2, -0.15) is 15.0 Å². The van der Waals surface area contributed by atoms with Gasteiger partial charge in [-0.1, -0.05) is 0 Å². The molecule has 1 aliphatic rings. The zero-order valence-corrected chi connectivity index (χ0v) is 8.60. The number of hydrogen-bond acceptors (Lipinski definition) is 7. The Bertz CT molecular complexity index is 316. The molecule has 0 atom stereocenters. The van der Waals surface area contributed by atoms with E-state index in [0.717, 1.165) is 13.1 Å². The Labute approximate surface area is 87.6 Å². The maximum atomic E-state index is 5.26. The lowest BCUT2D eigenvalue weighted by molar-refractivity contribution is 0.379. The Morgan fingerprint density at radius 2 is 2.00 bits per heavy atom. The molecule has 15 heavy (non-hydrogen) atoms. The largest absolute Gasteiger partial charge is 0.467 e. The molecule has 0 spiro atoms. The van der Waals surface area contributed by atoms with E-state index in [0.29, 0.717) is 11.9 Å². The summed E-state index contributed by atoms with van der Waals surface area (Å²) in [4.78, 5) is 14.4. The second-order valence-corrected chi connectivity index (χ2v) is 3.28. The molecule has 0 unspecified atom stereocenters. The van der Waals surface area contributed by atoms with Crippen molar-refractivity contribution in [3.63, 3.8) is 0 Å². The van der Waals surface area contributed by atoms with Gasteiger partial charge in [0, 0.05) is 13.1 Å². The van der Waals surface area contributed by atoms with E-state index in [1.54, 1.807) is 0 Å². The Kier molecular flexibility index (Phi) is 2.82. The number of rotatable bonds is 3. The molecule has 0 saturated carbocycles. The van der Waals surface area contributed by atoms with Crippen molar-refractivity contribution in [2.75, 3.05) is 30.5 Å². The van der Waals surface area contributed by atoms with Gasteiger partial charge in [-0.05, 0) is 12.8 Å². The summed E-state index contributed by atoms with van der Waals surface area (Å²) in [6.45, 7) is 1.94. The highest BCUT2D eigenvalue weighted by Crippen LogP contribution is 2.18. The lowest BCUT2D eigenvalue weighted by Gasteiger charge is -2.15. The van der Waals surface area contributed by atoms with Crippen molar-refractivity contribution in [1.82, 2.24) is 15.0 Å². The van der Waals surface area contributed by atoms with Gasteiger partial charge in [0.25, 0.3) is 0 Å². The minimum absolute atomic E-state index is 0.278. The summed E-state index contributed by atoms with van der Waals surface area (Å²) >= 11 is 0. The fourth-order valence-corrected chi connectivity index (χ4v) is 1.56. The Morgan fingerprint density at radius 1 is 1.27 bits per heavy atom. The molecule has 1 saturated heterocycles. The minimum atomic E-state index is 0.278. The van der Waals surface area contributed by atoms with E-state index in [-0.39, 0.29) is 6.01 Å². The highest BCUT2D eigenvalue weighted by Gasteiger charge is 2.17. The van der Waals surface area contributed by atoms with Crippen LogP contribution in [0.4, 0.5) is 11.9 Å². The van der Waals surface area contributed by atoms with Crippen LogP contribution < -0.4 is 20.9 Å². The molecule has 2 heterocycles. The van der Waals surface area contributed by atoms with Gasteiger partial charge in [-0.3, -0.25) is 5.43 Å². The lowest BCUT2D eigenvalue weighted by Crippen LogP contribution is -2.22. The van der Waals surface area contributed by atoms with E-state index in [2.05, 4.69) is 25.3 Å². The molecule has 1 aromatic rings. The van der Waals surface area contributed by atoms with Crippen LogP contribution in [0.3, 0.4) is 0 Å². The predicted octanol–water partition coefficient (Wildman–Crippen LogP) is -0.234. The second kappa shape index (κ2) is 4.26. The van der Waals surface area contributed by atoms with Crippen molar-refractivity contribution in [3.05, 3.63) is 0 Å². The fourth-order valence-electron chi connectivity index (χ4n) is 1.56. The van der Waals surface area contributed by atoms with Crippen LogP contribution in [-0.4, -0.2) is 35.2 Å². The van der Waals surface area contributed by atoms with E-state index in [1.807, 2.05) is 0 Å². The van der Waals surface area contributed by atoms with Crippen molar-refractivity contribution in [2.24, 2.45) is 5.84 Å². The first-order chi connectivity index (χ1) is 7.33. The van der Waals surface area contributed by atoms with Crippen molar-refractivity contribution >= 4 is 11.9 Å². The standard InChI is InChI=1S/C8H14N6O/c1-15-8-11-6(13-9)10-7(12-8)14-4-2-3-5-14/h2-5,9H2,1H3,(H,10,11,12,13). The summed E-state index contributed by atoms with van der Waals surface area (Å²) < 4.78 is 4.97. The van der Waals surface area contributed by atoms with Crippen LogP contribution in [0.5, 0.6) is 6.01 Å². The maximum Gasteiger partial charge on any atom is 0.322 e. The molecular weight excluding hydrogens is 196 g/mol. The van der Waals surface area contributed by atoms with Gasteiger partial charge < -0.3 is 9.64 Å². The summed E-state index contributed by atoms with van der Waals surface area (Å²) in [6.07, 6.45) is 2.33. The third-order valence-electron chi connectivity index (χ3n) is 2.30. The van der Waals surface area contributed by atoms with Crippen LogP contribution in [-0.2, 0) is 0 Å². The smallest absolute Gasteiger partial charge is 0.322 e. The monoisotopic (exact) mass is 210 g/mol. The average Bonchev–Trinajstić information content (AvgIpc) is 2.81. The molecule has 0 aromatic carbocycles. The van der Waals surface area contributed by atoms with Gasteiger partial charge in [0.2, 0.25) is 11.9 Å². The third kappa shape index (κ3) is 2.07. The van der Waals surface area contributed by atoms with Crippen molar-refractivity contribution in [3.8, 4) is 6.01 Å². The van der Waals surface area contributed by atoms with Crippen LogP contribution >= 0.6 is 0 Å². The summed E-state index contributed by atoms with van der Waals surface area (Å²) in [5.74, 6) is 6.20. The first-order valence-corrected chi connectivity index (χ1v) is 4.85. The molecule has 3 N–H and O–H groups in total. The average molecular weight is 210 g/mol. The number of nitrogens with zero attached hydrogens (tertiary/aromatic N) is 4. The lowest BCUT2D eigenvalue weighted by atomic mass is 10.4. The van der Waals surface area contributed by atoms with Crippen LogP contribution in [0, 0.1) is 0 Å². The van der Waals surface area contributed by atoms with E-state index < -0.39 is 0 Å². The minimum Gasteiger partial charge on any atom is -0.467 e. The first kappa shape index (κ1) is 9.91. The summed E-state index contributed by atoms with van der Waals surface area (Å²) in [5, 5.41) is 0. The number of anilines is 2. The quantitative estimate of drug-likeness (QED) is 0.526. The molecule has 0 aliphatic carbocycles. The SMILES string of the molecule is COc1nc(NN)nc(N2CCCC2)n1. The predicted molar refractivity (Wildman–Crippen MR) is 55.6 cm³/mol. The van der Waals surface area contributed by atoms with Gasteiger partial charge in [-0.15, -0.1) is 0 Å². The Balaban J connectivity index is 2.28. The highest BCUT2D eigenvalue weighted by molar-refractivity contribution is 5.38. The van der Waals surface area contributed by atoms with Gasteiger partial charge in [0.05, 0.1) is 7.11 Å². The van der Waals surface area contributed by atoms with Crippen LogP contribution in [0.15, 0.2) is 0 Å². The summed E-state index contributed by atoms with van der Waals surface area (Å²) in [5.41, 5.74) is 2.40. The molecule has 7 heteroatoms. The van der Waals surface area contributed by atoms with E-state index in [9.17, 15) is 0 Å². The van der Waals surface area contributed by atoms with Crippen molar-refractivity contribution in [2.45, 2.75) is 12.8 Å². The molecule has 0 bridgehead atoms. The van der Waals surface area contributed by atoms with Crippen LogP contribution in [0.2, 0.25) is 0 Å². The highest BCUT2D eigenvalue weighted by atomic mass is 16.5. The van der Waals surface area contributed by atoms with Gasteiger partial charge >= 0.3 is 6.01 Å². The summed E-state index contributed by atoms with van der Waals surface area (Å²) in [7, 11) is 1.52. The molecule has 82 valence electrons. The van der Waals surface area contributed by atoms with E-state index in [1.165, 1.54) is 20.0 Å². The maximum absolute atomic E-state index is 5.26. The Hall–Kier alpha value is -1.63. The van der Waals surface area contributed by atoms with E-state index in [4.69, 9.17) is 10.6 Å². The van der Waals surface area contributed by atoms with Crippen LogP contribution in [0.25, 0.3) is 0 Å². The molecule has 1 fully saturated rings. The number of ether oxygens (including phenoxy) is 1. The number of aromatic nitrogens is 3. The Morgan fingerprint density at radius 3 is 2.60 bits per heavy atom. The van der Waals surface area contributed by atoms with Crippen molar-refractivity contribution in [1.29, 1.82) is 0 Å². The molecular formula is C8H14N6O. The number of nitrogens with two attached hydrogens (primary N) is 1. The summed E-state index contributed by atoms with van der Waals surface area (Å²) in [6, 6.07) is 0.278. The van der Waals surface area contributed by atoms with Crippen LogP contribution in [0.1, 0.15) is 12.8 Å². The van der Waals surface area contributed by atoms with Crippen molar-refractivity contribution < 1.29 is 4.74 Å². The second-order valence-electron chi connectivity index (χ2n) is 3.28. The normalized spacial score (nSPS) is 15.5. The van der Waals surface area contributed by atoms with E-state index >= 15 is 0 Å². The number of hydrazine groups is 1. The number of nitrogens with one attached hydrogen (secondary N) is 1. The molecule has 0 amide bonds. The third-order valence-corrected chi connectivity index (χ3v) is 2.30. The number of methoxy groups -OCH3 is 1. The zero-order valence-electron chi connectivity index (χ0n) is 8.60. The molecule has 7 nitrogen and oxygen atoms in total.